The molecule has 1 N–H and O–H groups in total. The minimum absolute atomic E-state index is 0.162. The largest absolute Gasteiger partial charge is 0.443 e. The van der Waals surface area contributed by atoms with Gasteiger partial charge in [0.25, 0.3) is 0 Å². The lowest BCUT2D eigenvalue weighted by atomic mass is 10.1. The van der Waals surface area contributed by atoms with Crippen molar-refractivity contribution in [1.29, 1.82) is 0 Å². The molecular weight excluding hydrogens is 242 g/mol. The maximum Gasteiger partial charge on any atom is 0.223 e. The highest BCUT2D eigenvalue weighted by atomic mass is 16.3. The highest BCUT2D eigenvalue weighted by Crippen LogP contribution is 2.14. The predicted molar refractivity (Wildman–Crippen MR) is 73.9 cm³/mol. The van der Waals surface area contributed by atoms with Crippen LogP contribution in [0, 0.1) is 0 Å². The van der Waals surface area contributed by atoms with Gasteiger partial charge in [0.2, 0.25) is 5.91 Å². The van der Waals surface area contributed by atoms with E-state index >= 15 is 0 Å². The monoisotopic (exact) mass is 261 g/mol. The van der Waals surface area contributed by atoms with E-state index in [1.54, 1.807) is 4.90 Å². The SMILES string of the molecule is CNCCC(=O)N(C)CCc1ccc2ncoc2c1. The van der Waals surface area contributed by atoms with E-state index in [0.717, 1.165) is 23.1 Å². The smallest absolute Gasteiger partial charge is 0.223 e. The van der Waals surface area contributed by atoms with Crippen LogP contribution in [0.4, 0.5) is 0 Å². The molecule has 0 aliphatic rings. The zero-order valence-electron chi connectivity index (χ0n) is 11.3. The quantitative estimate of drug-likeness (QED) is 0.854. The van der Waals surface area contributed by atoms with Crippen molar-refractivity contribution in [3.8, 4) is 0 Å². The molecule has 0 saturated carbocycles. The van der Waals surface area contributed by atoms with Crippen LogP contribution in [0.1, 0.15) is 12.0 Å². The minimum Gasteiger partial charge on any atom is -0.443 e. The van der Waals surface area contributed by atoms with Crippen LogP contribution in [0.25, 0.3) is 11.1 Å². The topological polar surface area (TPSA) is 58.4 Å². The Hall–Kier alpha value is -1.88. The van der Waals surface area contributed by atoms with Crippen LogP contribution in [0.3, 0.4) is 0 Å². The van der Waals surface area contributed by atoms with Gasteiger partial charge >= 0.3 is 0 Å². The summed E-state index contributed by atoms with van der Waals surface area (Å²) in [6.07, 6.45) is 2.80. The van der Waals surface area contributed by atoms with Crippen molar-refractivity contribution >= 4 is 17.0 Å². The number of nitrogens with zero attached hydrogens (tertiary/aromatic N) is 2. The Morgan fingerprint density at radius 2 is 2.32 bits per heavy atom. The van der Waals surface area contributed by atoms with Crippen molar-refractivity contribution in [2.24, 2.45) is 0 Å². The molecule has 5 nitrogen and oxygen atoms in total. The molecule has 0 atom stereocenters. The third-order valence-electron chi connectivity index (χ3n) is 3.15. The Morgan fingerprint density at radius 1 is 1.47 bits per heavy atom. The van der Waals surface area contributed by atoms with E-state index in [9.17, 15) is 4.79 Å². The zero-order chi connectivity index (χ0) is 13.7. The Labute approximate surface area is 112 Å². The molecule has 0 aliphatic carbocycles. The van der Waals surface area contributed by atoms with Crippen molar-refractivity contribution in [3.63, 3.8) is 0 Å². The third kappa shape index (κ3) is 3.54. The van der Waals surface area contributed by atoms with E-state index in [2.05, 4.69) is 10.3 Å². The normalized spacial score (nSPS) is 10.8. The Kier molecular flexibility index (Phi) is 4.52. The molecule has 0 radical (unpaired) electrons. The van der Waals surface area contributed by atoms with Gasteiger partial charge in [0.15, 0.2) is 12.0 Å². The summed E-state index contributed by atoms with van der Waals surface area (Å²) in [5, 5.41) is 2.98. The molecule has 0 aliphatic heterocycles. The van der Waals surface area contributed by atoms with Crippen LogP contribution >= 0.6 is 0 Å². The summed E-state index contributed by atoms with van der Waals surface area (Å²) in [5.74, 6) is 0.162. The number of likely N-dealkylation sites (N-methyl/N-ethyl adjacent to an activating group) is 1. The summed E-state index contributed by atoms with van der Waals surface area (Å²) < 4.78 is 5.27. The van der Waals surface area contributed by atoms with Gasteiger partial charge in [-0.1, -0.05) is 6.07 Å². The lowest BCUT2D eigenvalue weighted by molar-refractivity contribution is -0.129. The van der Waals surface area contributed by atoms with Crippen LogP contribution in [-0.2, 0) is 11.2 Å². The number of hydrogen-bond donors (Lipinski definition) is 1. The van der Waals surface area contributed by atoms with Crippen molar-refractivity contribution in [3.05, 3.63) is 30.2 Å². The molecule has 0 bridgehead atoms. The summed E-state index contributed by atoms with van der Waals surface area (Å²) in [6.45, 7) is 1.43. The van der Waals surface area contributed by atoms with Crippen molar-refractivity contribution in [1.82, 2.24) is 15.2 Å². The molecule has 1 aromatic heterocycles. The zero-order valence-corrected chi connectivity index (χ0v) is 11.3. The molecule has 2 aromatic rings. The first-order chi connectivity index (χ1) is 9.20. The second-order valence-corrected chi connectivity index (χ2v) is 4.57. The number of hydrogen-bond acceptors (Lipinski definition) is 4. The number of amides is 1. The molecule has 102 valence electrons. The summed E-state index contributed by atoms with van der Waals surface area (Å²) >= 11 is 0. The maximum atomic E-state index is 11.8. The summed E-state index contributed by atoms with van der Waals surface area (Å²) in [7, 11) is 3.69. The Morgan fingerprint density at radius 3 is 3.11 bits per heavy atom. The van der Waals surface area contributed by atoms with Crippen molar-refractivity contribution < 1.29 is 9.21 Å². The average molecular weight is 261 g/mol. The van der Waals surface area contributed by atoms with E-state index in [1.807, 2.05) is 32.3 Å². The average Bonchev–Trinajstić information content (AvgIpc) is 2.89. The summed E-state index contributed by atoms with van der Waals surface area (Å²) in [6, 6.07) is 5.95. The first-order valence-electron chi connectivity index (χ1n) is 6.41. The second-order valence-electron chi connectivity index (χ2n) is 4.57. The van der Waals surface area contributed by atoms with Crippen LogP contribution in [0.2, 0.25) is 0 Å². The molecule has 19 heavy (non-hydrogen) atoms. The molecular formula is C14H19N3O2. The predicted octanol–water partition coefficient (Wildman–Crippen LogP) is 1.44. The van der Waals surface area contributed by atoms with E-state index in [1.165, 1.54) is 6.39 Å². The number of rotatable bonds is 6. The van der Waals surface area contributed by atoms with Gasteiger partial charge in [-0.3, -0.25) is 4.79 Å². The Balaban J connectivity index is 1.88. The summed E-state index contributed by atoms with van der Waals surface area (Å²) in [4.78, 5) is 17.6. The fourth-order valence-corrected chi connectivity index (χ4v) is 1.90. The first-order valence-corrected chi connectivity index (χ1v) is 6.41. The standard InChI is InChI=1S/C14H19N3O2/c1-15-7-5-14(18)17(2)8-6-11-3-4-12-13(9-11)19-10-16-12/h3-4,9-10,15H,5-8H2,1-2H3. The van der Waals surface area contributed by atoms with Gasteiger partial charge in [-0.05, 0) is 31.2 Å². The molecule has 0 unspecified atom stereocenters. The van der Waals surface area contributed by atoms with Crippen molar-refractivity contribution in [2.45, 2.75) is 12.8 Å². The highest BCUT2D eigenvalue weighted by molar-refractivity contribution is 5.76. The molecule has 0 fully saturated rings. The third-order valence-corrected chi connectivity index (χ3v) is 3.15. The van der Waals surface area contributed by atoms with E-state index in [0.29, 0.717) is 19.5 Å². The number of aromatic nitrogens is 1. The molecule has 1 heterocycles. The number of nitrogens with one attached hydrogen (secondary N) is 1. The van der Waals surface area contributed by atoms with Gasteiger partial charge < -0.3 is 14.6 Å². The fourth-order valence-electron chi connectivity index (χ4n) is 1.90. The minimum atomic E-state index is 0.162. The van der Waals surface area contributed by atoms with Gasteiger partial charge in [-0.15, -0.1) is 0 Å². The lowest BCUT2D eigenvalue weighted by Crippen LogP contribution is -2.30. The van der Waals surface area contributed by atoms with E-state index in [-0.39, 0.29) is 5.91 Å². The molecule has 0 saturated heterocycles. The van der Waals surface area contributed by atoms with E-state index in [4.69, 9.17) is 4.42 Å². The second kappa shape index (κ2) is 6.33. The summed E-state index contributed by atoms with van der Waals surface area (Å²) in [5.41, 5.74) is 2.81. The van der Waals surface area contributed by atoms with Gasteiger partial charge in [0, 0.05) is 26.6 Å². The van der Waals surface area contributed by atoms with Gasteiger partial charge in [-0.2, -0.15) is 0 Å². The number of carbonyl (C=O) groups excluding carboxylic acids is 1. The molecule has 2 rings (SSSR count). The lowest BCUT2D eigenvalue weighted by Gasteiger charge is -2.17. The molecule has 1 amide bonds. The van der Waals surface area contributed by atoms with Gasteiger partial charge in [-0.25, -0.2) is 4.98 Å². The van der Waals surface area contributed by atoms with Crippen molar-refractivity contribution in [2.75, 3.05) is 27.2 Å². The molecule has 5 heteroatoms. The maximum absolute atomic E-state index is 11.8. The van der Waals surface area contributed by atoms with Crippen LogP contribution in [0.5, 0.6) is 0 Å². The number of carbonyl (C=O) groups is 1. The first kappa shape index (κ1) is 13.5. The number of fused-ring (bicyclic) bond motifs is 1. The Bertz CT molecular complexity index is 550. The number of oxazole rings is 1. The fraction of sp³-hybridized carbons (Fsp3) is 0.429. The molecule has 0 spiro atoms. The molecule has 1 aromatic carbocycles. The van der Waals surface area contributed by atoms with Gasteiger partial charge in [0.05, 0.1) is 0 Å². The van der Waals surface area contributed by atoms with Gasteiger partial charge in [0.1, 0.15) is 5.52 Å². The van der Waals surface area contributed by atoms with E-state index < -0.39 is 0 Å². The number of benzene rings is 1. The van der Waals surface area contributed by atoms with Crippen LogP contribution in [-0.4, -0.2) is 43.0 Å². The van der Waals surface area contributed by atoms with Crippen LogP contribution < -0.4 is 5.32 Å². The van der Waals surface area contributed by atoms with Crippen LogP contribution in [0.15, 0.2) is 29.0 Å². The highest BCUT2D eigenvalue weighted by Gasteiger charge is 2.08.